The summed E-state index contributed by atoms with van der Waals surface area (Å²) in [6.45, 7) is -3.74. The third kappa shape index (κ3) is 13.0. The number of aliphatic hydroxyl groups excluding tert-OH is 5. The largest absolute Gasteiger partial charge is 0.472 e. The number of nitrogen functional groups attached to an aromatic ring is 4. The van der Waals surface area contributed by atoms with Crippen LogP contribution in [0.4, 0.5) is 23.3 Å². The van der Waals surface area contributed by atoms with Gasteiger partial charge in [0.05, 0.1) is 51.7 Å². The number of hydrogen-bond donors (Lipinski definition) is 14. The van der Waals surface area contributed by atoms with Crippen LogP contribution in [0, 0.1) is 0 Å². The maximum absolute atomic E-state index is 14.1. The van der Waals surface area contributed by atoms with Gasteiger partial charge in [-0.15, -0.1) is 0 Å². The van der Waals surface area contributed by atoms with Crippen LogP contribution >= 0.6 is 30.8 Å². The van der Waals surface area contributed by atoms with E-state index < -0.39 is 168 Å². The van der Waals surface area contributed by atoms with Gasteiger partial charge >= 0.3 is 30.8 Å². The predicted octanol–water partition coefficient (Wildman–Crippen LogP) is -4.23. The van der Waals surface area contributed by atoms with Crippen LogP contribution in [-0.2, 0) is 69.3 Å². The first kappa shape index (κ1) is 64.6. The van der Waals surface area contributed by atoms with E-state index >= 15 is 0 Å². The first-order valence-corrected chi connectivity index (χ1v) is 33.0. The smallest absolute Gasteiger partial charge is 0.387 e. The van der Waals surface area contributed by atoms with Crippen LogP contribution in [0.15, 0.2) is 50.6 Å². The van der Waals surface area contributed by atoms with Gasteiger partial charge in [-0.1, -0.05) is 0 Å². The van der Waals surface area contributed by atoms with Gasteiger partial charge in [-0.05, 0) is 0 Å². The van der Waals surface area contributed by atoms with Crippen LogP contribution in [0.1, 0.15) is 24.9 Å². The molecule has 19 atom stereocenters. The summed E-state index contributed by atoms with van der Waals surface area (Å²) in [6, 6.07) is 0. The molecule has 0 amide bonds. The molecule has 0 spiro atoms. The molecule has 45 nitrogen and oxygen atoms in total. The van der Waals surface area contributed by atoms with Crippen molar-refractivity contribution in [1.29, 1.82) is 0 Å². The fraction of sp³-hybridized carbons (Fsp3) is 0.524. The summed E-state index contributed by atoms with van der Waals surface area (Å²) in [4.78, 5) is 101. The van der Waals surface area contributed by atoms with Gasteiger partial charge in [-0.2, -0.15) is 0 Å². The van der Waals surface area contributed by atoms with Crippen molar-refractivity contribution in [2.75, 3.05) is 62.1 Å². The van der Waals surface area contributed by atoms with E-state index in [2.05, 4.69) is 64.3 Å². The van der Waals surface area contributed by atoms with E-state index in [4.69, 9.17) is 69.5 Å². The van der Waals surface area contributed by atoms with Gasteiger partial charge in [0.25, 0.3) is 0 Å². The molecule has 12 rings (SSSR count). The molecule has 18 N–H and O–H groups in total. The van der Waals surface area contributed by atoms with Gasteiger partial charge in [0, 0.05) is 0 Å². The Kier molecular flexibility index (Phi) is 17.8. The van der Waals surface area contributed by atoms with Crippen molar-refractivity contribution >= 4 is 98.8 Å². The van der Waals surface area contributed by atoms with E-state index in [1.54, 1.807) is 0 Å². The van der Waals surface area contributed by atoms with E-state index in [0.29, 0.717) is 0 Å². The molecule has 0 bridgehead atoms. The van der Waals surface area contributed by atoms with Crippen LogP contribution < -0.4 is 22.9 Å². The van der Waals surface area contributed by atoms with Gasteiger partial charge in [0.15, 0.2) is 70.8 Å². The second kappa shape index (κ2) is 25.1. The first-order chi connectivity index (χ1) is 43.2. The number of aromatic nitrogens is 16. The van der Waals surface area contributed by atoms with E-state index in [1.807, 2.05) is 0 Å². The summed E-state index contributed by atoms with van der Waals surface area (Å²) < 4.78 is 119. The lowest BCUT2D eigenvalue weighted by Crippen LogP contribution is -2.37. The Morgan fingerprint density at radius 2 is 0.703 bits per heavy atom. The van der Waals surface area contributed by atoms with Crippen molar-refractivity contribution in [1.82, 2.24) is 78.1 Å². The minimum atomic E-state index is -5.56. The van der Waals surface area contributed by atoms with E-state index in [-0.39, 0.29) is 67.9 Å². The lowest BCUT2D eigenvalue weighted by molar-refractivity contribution is -0.0691. The number of phosphoric ester groups is 2. The summed E-state index contributed by atoms with van der Waals surface area (Å²) >= 11 is 0. The van der Waals surface area contributed by atoms with Crippen molar-refractivity contribution in [2.45, 2.75) is 98.2 Å². The summed E-state index contributed by atoms with van der Waals surface area (Å²) in [5.41, 5.74) is 24.2. The number of hydrogen-bond acceptors (Lipinski definition) is 36. The van der Waals surface area contributed by atoms with E-state index in [0.717, 1.165) is 48.9 Å². The molecule has 0 radical (unpaired) electrons. The number of anilines is 4. The third-order valence-electron chi connectivity index (χ3n) is 14.7. The highest BCUT2D eigenvalue weighted by atomic mass is 31.2. The number of ether oxygens (including phenoxy) is 6. The van der Waals surface area contributed by atoms with Crippen molar-refractivity contribution in [3.63, 3.8) is 0 Å². The zero-order valence-electron chi connectivity index (χ0n) is 45.9. The van der Waals surface area contributed by atoms with Crippen molar-refractivity contribution in [3.8, 4) is 0 Å². The van der Waals surface area contributed by atoms with Gasteiger partial charge < -0.3 is 110 Å². The number of phosphoric acid groups is 2. The molecule has 0 aromatic carbocycles. The van der Waals surface area contributed by atoms with Crippen molar-refractivity contribution in [2.24, 2.45) is 0 Å². The minimum absolute atomic E-state index is 0.00320. The standard InChI is InChI=1S/C42H54N20O25P4/c43-31-19-35(51-5-47-31)59(9-55-19)39-27(67)23(63)15(83-39)1-79-88(68,69)13-78-29-25(65)18(85-41(29)61-11-57-21-33(45)49-7-53-37(21)61)4-82-91(75,76)87-30-26(66)16(86-42(30)62-12-58-22-34(46)50-8-54-38(22)62)2-80-89(70,71)14-77-28-24(64)17(3-81-90(72,73)74)84-40(28)60-10-56-20-32(44)48-6-52-36(20)60/h5-12,15-18,23-30,39-42,63-67H,1-4,13-14H2,(H,68,69)(H,70,71)(H,75,76)(H2,43,47,51)(H2,44,48,52)(H2,45,49,53)(H2,46,50,54)(H2,72,73,74)/t15-,16-,17-,18-,23-,24-,25-,26-,27-,28-,29-,30-,39-,40-,41-,42-/m1/s1. The summed E-state index contributed by atoms with van der Waals surface area (Å²) in [5, 5.41) is 56.7. The molecule has 12 heterocycles. The number of fused-ring (bicyclic) bond motifs is 4. The second-order valence-corrected chi connectivity index (χ2v) is 26.8. The quantitative estimate of drug-likeness (QED) is 0.0255. The highest BCUT2D eigenvalue weighted by molar-refractivity contribution is 7.52. The zero-order chi connectivity index (χ0) is 64.6. The topological polar surface area (TPSA) is 651 Å². The number of rotatable bonds is 24. The molecule has 0 saturated carbocycles. The second-order valence-electron chi connectivity index (χ2n) is 20.6. The molecule has 49 heteroatoms. The molecule has 4 aliphatic rings. The maximum atomic E-state index is 14.1. The number of nitrogens with zero attached hydrogens (tertiary/aromatic N) is 16. The Bertz CT molecular complexity index is 4190. The van der Waals surface area contributed by atoms with Crippen molar-refractivity contribution in [3.05, 3.63) is 50.6 Å². The number of aliphatic hydroxyl groups is 5. The maximum Gasteiger partial charge on any atom is 0.472 e. The fourth-order valence-corrected chi connectivity index (χ4v) is 13.3. The Balaban J connectivity index is 0.724. The average Bonchev–Trinajstić information content (AvgIpc) is 1.65. The Morgan fingerprint density at radius 1 is 0.396 bits per heavy atom. The normalized spacial score (nSPS) is 30.9. The van der Waals surface area contributed by atoms with Crippen LogP contribution in [0.25, 0.3) is 44.7 Å². The lowest BCUT2D eigenvalue weighted by atomic mass is 10.1. The Labute approximate surface area is 505 Å². The Morgan fingerprint density at radius 3 is 1.08 bits per heavy atom. The molecule has 492 valence electrons. The Hall–Kier alpha value is -6.52. The summed E-state index contributed by atoms with van der Waals surface area (Å²) in [5.74, 6) is -0.251. The summed E-state index contributed by atoms with van der Waals surface area (Å²) in [6.07, 6.45) is -20.3. The molecule has 4 saturated heterocycles. The first-order valence-electron chi connectivity index (χ1n) is 26.4. The SMILES string of the molecule is Nc1ncnc2c1ncn2[C@@H]1O[C@H](COP(=O)(O)CO[C@@H]2[C@H](O)[C@@H](COP(=O)(O)O[C@@H]3[C@H](O)[C@@H](COP(=O)(O)CO[C@@H]4[C@H](O)[C@@H](COP(=O)(O)O)O[C@H]4n4cnc5c(N)ncnc54)O[C@H]3n3cnc4c(N)ncnc43)O[C@H]2n2cnc3c(N)ncnc32)[C@@H](O)[C@H]1O. The van der Waals surface area contributed by atoms with E-state index in [1.165, 1.54) is 20.0 Å². The summed E-state index contributed by atoms with van der Waals surface area (Å²) in [7, 11) is -20.6. The molecule has 3 unspecified atom stereocenters. The third-order valence-corrected chi connectivity index (χ3v) is 18.3. The predicted molar refractivity (Wildman–Crippen MR) is 294 cm³/mol. The number of nitrogens with two attached hydrogens (primary N) is 4. The highest BCUT2D eigenvalue weighted by Gasteiger charge is 2.54. The molecule has 8 aromatic heterocycles. The molecule has 4 fully saturated rings. The molecule has 0 aliphatic carbocycles. The molecular formula is C42H54N20O25P4. The van der Waals surface area contributed by atoms with Crippen LogP contribution in [0.5, 0.6) is 0 Å². The van der Waals surface area contributed by atoms with Crippen LogP contribution in [-0.4, -0.2) is 240 Å². The highest BCUT2D eigenvalue weighted by Crippen LogP contribution is 2.53. The fourth-order valence-electron chi connectivity index (χ4n) is 10.4. The van der Waals surface area contributed by atoms with Crippen LogP contribution in [0.2, 0.25) is 0 Å². The van der Waals surface area contributed by atoms with Gasteiger partial charge in [-0.3, -0.25) is 41.0 Å². The van der Waals surface area contributed by atoms with Crippen molar-refractivity contribution < 1.29 is 119 Å². The monoisotopic (exact) mass is 1360 g/mol. The van der Waals surface area contributed by atoms with E-state index in [9.17, 15) is 68.3 Å². The minimum Gasteiger partial charge on any atom is -0.387 e. The number of imidazole rings is 4. The van der Waals surface area contributed by atoms with Gasteiger partial charge in [-0.25, -0.2) is 68.9 Å². The van der Waals surface area contributed by atoms with Gasteiger partial charge in [0.1, 0.15) is 133 Å². The van der Waals surface area contributed by atoms with Gasteiger partial charge in [0.2, 0.25) is 0 Å². The van der Waals surface area contributed by atoms with Crippen LogP contribution in [0.3, 0.4) is 0 Å². The molecular weight excluding hydrogens is 1310 g/mol. The molecule has 4 aliphatic heterocycles. The average molecular weight is 1360 g/mol. The molecule has 91 heavy (non-hydrogen) atoms. The zero-order valence-corrected chi connectivity index (χ0v) is 49.5. The molecule has 8 aromatic rings. The lowest BCUT2D eigenvalue weighted by Gasteiger charge is -2.25.